The van der Waals surface area contributed by atoms with Crippen molar-refractivity contribution in [2.24, 2.45) is 0 Å². The van der Waals surface area contributed by atoms with Crippen molar-refractivity contribution >= 4 is 35.8 Å². The van der Waals surface area contributed by atoms with Crippen molar-refractivity contribution in [2.75, 3.05) is 0 Å². The van der Waals surface area contributed by atoms with Crippen molar-refractivity contribution in [1.29, 1.82) is 0 Å². The summed E-state index contributed by atoms with van der Waals surface area (Å²) in [5.41, 5.74) is 8.71. The van der Waals surface area contributed by atoms with Gasteiger partial charge in [0, 0.05) is 0 Å². The number of carbonyl (C=O) groups is 6. The third kappa shape index (κ3) is 6.86. The van der Waals surface area contributed by atoms with Gasteiger partial charge in [0.1, 0.15) is 11.5 Å². The highest BCUT2D eigenvalue weighted by Gasteiger charge is 2.46. The van der Waals surface area contributed by atoms with Crippen LogP contribution < -0.4 is 0 Å². The van der Waals surface area contributed by atoms with E-state index >= 15 is 0 Å². The van der Waals surface area contributed by atoms with Crippen molar-refractivity contribution in [1.82, 2.24) is 0 Å². The van der Waals surface area contributed by atoms with Crippen LogP contribution in [0.3, 0.4) is 0 Å². The average molecular weight is 791 g/mol. The molecule has 6 aromatic carbocycles. The number of phenols is 2. The maximum Gasteiger partial charge on any atom is 0.346 e. The van der Waals surface area contributed by atoms with Crippen LogP contribution in [0.15, 0.2) is 121 Å². The number of aromatic carboxylic acids is 2. The van der Waals surface area contributed by atoms with Crippen LogP contribution in [0.25, 0.3) is 11.1 Å². The number of fused-ring (bicyclic) bond motifs is 5. The Balaban J connectivity index is 0.000000156. The van der Waals surface area contributed by atoms with E-state index in [0.29, 0.717) is 11.5 Å². The van der Waals surface area contributed by atoms with Gasteiger partial charge in [-0.25, -0.2) is 28.8 Å². The molecule has 3 aliphatic rings. The van der Waals surface area contributed by atoms with Crippen LogP contribution in [0, 0.1) is 0 Å². The Labute approximate surface area is 336 Å². The summed E-state index contributed by atoms with van der Waals surface area (Å²) in [4.78, 5) is 65.1. The zero-order valence-corrected chi connectivity index (χ0v) is 31.5. The van der Waals surface area contributed by atoms with Crippen molar-refractivity contribution in [3.8, 4) is 22.6 Å². The van der Waals surface area contributed by atoms with Crippen LogP contribution in [0.2, 0.25) is 0 Å². The molecule has 6 aromatic rings. The second kappa shape index (κ2) is 15.6. The first-order valence-electron chi connectivity index (χ1n) is 18.4. The second-order valence-electron chi connectivity index (χ2n) is 13.7. The number of carboxylic acid groups (broad SMARTS) is 2. The number of hydrogen-bond acceptors (Lipinski definition) is 10. The third-order valence-corrected chi connectivity index (χ3v) is 10.5. The van der Waals surface area contributed by atoms with Gasteiger partial charge in [-0.05, 0) is 106 Å². The summed E-state index contributed by atoms with van der Waals surface area (Å²) in [6.45, 7) is 4.13. The molecule has 0 aromatic heterocycles. The van der Waals surface area contributed by atoms with Gasteiger partial charge in [-0.3, -0.25) is 0 Å². The molecule has 0 radical (unpaired) electrons. The lowest BCUT2D eigenvalue weighted by Crippen LogP contribution is -2.29. The molecule has 4 N–H and O–H groups in total. The summed E-state index contributed by atoms with van der Waals surface area (Å²) < 4.78 is 8.59. The Morgan fingerprint density at radius 3 is 1.22 bits per heavy atom. The number of esters is 4. The van der Waals surface area contributed by atoms with Crippen LogP contribution in [-0.4, -0.2) is 56.2 Å². The van der Waals surface area contributed by atoms with E-state index in [-0.39, 0.29) is 33.4 Å². The Kier molecular flexibility index (Phi) is 10.4. The van der Waals surface area contributed by atoms with Crippen LogP contribution in [-0.2, 0) is 27.7 Å². The van der Waals surface area contributed by atoms with Gasteiger partial charge in [0.05, 0.1) is 38.8 Å². The highest BCUT2D eigenvalue weighted by atomic mass is 16.6. The molecular formula is C47H34O12. The van der Waals surface area contributed by atoms with E-state index in [0.717, 1.165) is 47.2 Å². The van der Waals surface area contributed by atoms with Crippen molar-refractivity contribution in [2.45, 2.75) is 32.1 Å². The first kappa shape index (κ1) is 39.4. The Bertz CT molecular complexity index is 2570. The first-order valence-corrected chi connectivity index (χ1v) is 18.4. The third-order valence-electron chi connectivity index (χ3n) is 10.5. The Hall–Kier alpha value is -7.86. The average Bonchev–Trinajstić information content (AvgIpc) is 3.82. The number of cyclic esters (lactones) is 4. The van der Waals surface area contributed by atoms with Crippen molar-refractivity contribution in [3.05, 3.63) is 188 Å². The summed E-state index contributed by atoms with van der Waals surface area (Å²) in [7, 11) is 0. The van der Waals surface area contributed by atoms with Crippen LogP contribution in [0.4, 0.5) is 0 Å². The number of carboxylic acids is 2. The fourth-order valence-corrected chi connectivity index (χ4v) is 7.66. The molecule has 0 fully saturated rings. The number of carbonyl (C=O) groups excluding carboxylic acids is 4. The first-order chi connectivity index (χ1) is 28.3. The summed E-state index contributed by atoms with van der Waals surface area (Å²) >= 11 is 0. The van der Waals surface area contributed by atoms with Gasteiger partial charge in [0.25, 0.3) is 0 Å². The predicted molar refractivity (Wildman–Crippen MR) is 212 cm³/mol. The van der Waals surface area contributed by atoms with Gasteiger partial charge in [-0.15, -0.1) is 0 Å². The van der Waals surface area contributed by atoms with Crippen LogP contribution in [0.5, 0.6) is 11.5 Å². The fraction of sp³-hybridized carbons (Fsp3) is 0.106. The molecule has 0 unspecified atom stereocenters. The smallest absolute Gasteiger partial charge is 0.346 e. The molecule has 294 valence electrons. The van der Waals surface area contributed by atoms with Gasteiger partial charge in [-0.2, -0.15) is 0 Å². The van der Waals surface area contributed by atoms with Crippen molar-refractivity contribution in [3.63, 3.8) is 0 Å². The van der Waals surface area contributed by atoms with E-state index in [9.17, 15) is 39.0 Å². The molecule has 0 spiro atoms. The molecule has 9 rings (SSSR count). The van der Waals surface area contributed by atoms with Crippen molar-refractivity contribution < 1.29 is 58.7 Å². The van der Waals surface area contributed by atoms with E-state index < -0.39 is 41.2 Å². The predicted octanol–water partition coefficient (Wildman–Crippen LogP) is 7.98. The monoisotopic (exact) mass is 790 g/mol. The topological polar surface area (TPSA) is 202 Å². The number of aryl methyl sites for hydroxylation is 2. The zero-order valence-electron chi connectivity index (χ0n) is 31.5. The van der Waals surface area contributed by atoms with Gasteiger partial charge in [-0.1, -0.05) is 86.6 Å². The molecular weight excluding hydrogens is 757 g/mol. The number of aromatic hydroxyl groups is 2. The minimum atomic E-state index is -1.15. The number of rotatable bonds is 6. The van der Waals surface area contributed by atoms with E-state index in [4.69, 9.17) is 10.2 Å². The summed E-state index contributed by atoms with van der Waals surface area (Å²) in [5.74, 6) is -4.70. The van der Waals surface area contributed by atoms with Gasteiger partial charge < -0.3 is 29.9 Å². The lowest BCUT2D eigenvalue weighted by molar-refractivity contribution is 0.0425. The molecule has 0 bridgehead atoms. The molecule has 1 aliphatic carbocycles. The van der Waals surface area contributed by atoms with Gasteiger partial charge in [0.15, 0.2) is 0 Å². The second-order valence-corrected chi connectivity index (χ2v) is 13.7. The fourth-order valence-electron chi connectivity index (χ4n) is 7.66. The lowest BCUT2D eigenvalue weighted by atomic mass is 9.67. The standard InChI is InChI=1S/C29H26O2.2C9H4O5/c1-3-19-17-21(13-15-27(19)30)29(22-14-16-28(31)20(4-2)18-22)25-11-7-5-9-23(25)24-10-6-8-12-26(24)29;2*10-7(11)4-1-2-5-6(3-4)9(13)14-8(5)12/h5-18,30-31H,3-4H2,1-2H3;2*1-3H,(H,10,11). The number of hydrogen-bond donors (Lipinski definition) is 4. The SMILES string of the molecule is CCc1cc(C2(c3ccc(O)c(CC)c3)c3ccccc3-c3ccccc32)ccc1O.O=C(O)c1ccc2c(c1)C(=O)OC2=O.O=C(O)c1ccc2c(c1)C(=O)OC2=O. The molecule has 12 nitrogen and oxygen atoms in total. The number of benzene rings is 6. The van der Waals surface area contributed by atoms with Crippen LogP contribution in [0.1, 0.15) is 109 Å². The highest BCUT2D eigenvalue weighted by Crippen LogP contribution is 2.56. The Morgan fingerprint density at radius 2 is 0.847 bits per heavy atom. The molecule has 12 heteroatoms. The summed E-state index contributed by atoms with van der Waals surface area (Å²) in [5, 5.41) is 38.1. The van der Waals surface area contributed by atoms with E-state index in [1.54, 1.807) is 0 Å². The molecule has 0 atom stereocenters. The largest absolute Gasteiger partial charge is 0.508 e. The van der Waals surface area contributed by atoms with E-state index in [2.05, 4.69) is 84.0 Å². The minimum Gasteiger partial charge on any atom is -0.508 e. The summed E-state index contributed by atoms with van der Waals surface area (Å²) in [6, 6.07) is 36.5. The molecule has 0 amide bonds. The van der Waals surface area contributed by atoms with E-state index in [1.807, 2.05) is 24.3 Å². The molecule has 2 heterocycles. The number of phenolic OH excluding ortho intramolecular Hbond substituents is 2. The maximum absolute atomic E-state index is 11.0. The van der Waals surface area contributed by atoms with E-state index in [1.165, 1.54) is 46.5 Å². The Morgan fingerprint density at radius 1 is 0.475 bits per heavy atom. The zero-order chi connectivity index (χ0) is 42.2. The highest BCUT2D eigenvalue weighted by molar-refractivity contribution is 6.16. The molecule has 2 aliphatic heterocycles. The maximum atomic E-state index is 11.0. The molecule has 0 saturated heterocycles. The van der Waals surface area contributed by atoms with Gasteiger partial charge >= 0.3 is 35.8 Å². The molecule has 59 heavy (non-hydrogen) atoms. The minimum absolute atomic E-state index is 0.00917. The normalized spacial score (nSPS) is 13.7. The lowest BCUT2D eigenvalue weighted by Gasteiger charge is -2.34. The van der Waals surface area contributed by atoms with Gasteiger partial charge in [0.2, 0.25) is 0 Å². The molecule has 0 saturated carbocycles. The van der Waals surface area contributed by atoms with Crippen LogP contribution >= 0.6 is 0 Å². The number of ether oxygens (including phenoxy) is 2. The quantitative estimate of drug-likeness (QED) is 0.0936. The summed E-state index contributed by atoms with van der Waals surface area (Å²) in [6.07, 6.45) is 1.52.